The summed E-state index contributed by atoms with van der Waals surface area (Å²) < 4.78 is 26.8. The lowest BCUT2D eigenvalue weighted by Crippen LogP contribution is -2.26. The van der Waals surface area contributed by atoms with Crippen LogP contribution in [0.5, 0.6) is 0 Å². The van der Waals surface area contributed by atoms with Crippen molar-refractivity contribution < 1.29 is 13.2 Å². The predicted molar refractivity (Wildman–Crippen MR) is 100 cm³/mol. The number of carbonyl (C=O) groups is 1. The predicted octanol–water partition coefficient (Wildman–Crippen LogP) is 2.45. The lowest BCUT2D eigenvalue weighted by Gasteiger charge is -2.19. The number of rotatable bonds is 8. The maximum Gasteiger partial charge on any atom is 0.264 e. The number of amides is 1. The van der Waals surface area contributed by atoms with E-state index in [1.165, 1.54) is 23.5 Å². The van der Waals surface area contributed by atoms with Gasteiger partial charge in [-0.15, -0.1) is 0 Å². The van der Waals surface area contributed by atoms with Gasteiger partial charge in [-0.3, -0.25) is 9.10 Å². The Morgan fingerprint density at radius 1 is 1.08 bits per heavy atom. The number of sulfonamides is 1. The van der Waals surface area contributed by atoms with Gasteiger partial charge in [0.2, 0.25) is 5.91 Å². The summed E-state index contributed by atoms with van der Waals surface area (Å²) in [5, 5.41) is 5.72. The van der Waals surface area contributed by atoms with Crippen molar-refractivity contribution in [3.8, 4) is 0 Å². The van der Waals surface area contributed by atoms with Crippen LogP contribution in [0.4, 0.5) is 11.4 Å². The second-order valence-electron chi connectivity index (χ2n) is 5.59. The first kappa shape index (κ1) is 19.0. The molecule has 0 aliphatic heterocycles. The highest BCUT2D eigenvalue weighted by atomic mass is 32.2. The number of nitrogens with zero attached hydrogens (tertiary/aromatic N) is 1. The molecule has 0 atom stereocenters. The molecule has 2 aromatic rings. The summed E-state index contributed by atoms with van der Waals surface area (Å²) in [6.45, 7) is 0.754. The van der Waals surface area contributed by atoms with Crippen molar-refractivity contribution in [1.29, 1.82) is 0 Å². The van der Waals surface area contributed by atoms with Crippen molar-refractivity contribution in [2.45, 2.75) is 17.7 Å². The van der Waals surface area contributed by atoms with Crippen LogP contribution in [0.25, 0.3) is 0 Å². The van der Waals surface area contributed by atoms with Crippen LogP contribution in [-0.4, -0.2) is 35.0 Å². The van der Waals surface area contributed by atoms with Crippen LogP contribution in [0, 0.1) is 0 Å². The van der Waals surface area contributed by atoms with Crippen LogP contribution in [0.2, 0.25) is 0 Å². The average molecular weight is 361 g/mol. The highest BCUT2D eigenvalue weighted by Gasteiger charge is 2.21. The van der Waals surface area contributed by atoms with Crippen LogP contribution in [0.3, 0.4) is 0 Å². The molecule has 0 aliphatic carbocycles. The van der Waals surface area contributed by atoms with E-state index in [1.54, 1.807) is 36.4 Å². The van der Waals surface area contributed by atoms with Crippen LogP contribution < -0.4 is 14.9 Å². The van der Waals surface area contributed by atoms with Crippen molar-refractivity contribution in [3.63, 3.8) is 0 Å². The molecule has 6 nitrogen and oxygen atoms in total. The van der Waals surface area contributed by atoms with Crippen molar-refractivity contribution in [1.82, 2.24) is 5.32 Å². The second-order valence-corrected chi connectivity index (χ2v) is 7.56. The number of nitrogens with one attached hydrogen (secondary N) is 2. The molecule has 7 heteroatoms. The normalized spacial score (nSPS) is 11.1. The fourth-order valence-corrected chi connectivity index (χ4v) is 3.56. The minimum Gasteiger partial charge on any atom is -0.326 e. The van der Waals surface area contributed by atoms with Crippen molar-refractivity contribution in [3.05, 3.63) is 54.6 Å². The van der Waals surface area contributed by atoms with Gasteiger partial charge in [-0.1, -0.05) is 24.3 Å². The van der Waals surface area contributed by atoms with E-state index in [9.17, 15) is 13.2 Å². The standard InChI is InChI=1S/C18H23N3O3S/c1-19-13-7-12-18(22)20-15-8-6-11-17(14-15)25(23,24)21(2)16-9-4-3-5-10-16/h3-6,8-11,14,19H,7,12-13H2,1-2H3,(H,20,22). The van der Waals surface area contributed by atoms with E-state index >= 15 is 0 Å². The molecule has 134 valence electrons. The zero-order valence-corrected chi connectivity index (χ0v) is 15.2. The quantitative estimate of drug-likeness (QED) is 0.708. The molecule has 25 heavy (non-hydrogen) atoms. The highest BCUT2D eigenvalue weighted by Crippen LogP contribution is 2.23. The summed E-state index contributed by atoms with van der Waals surface area (Å²) in [5.74, 6) is -0.138. The van der Waals surface area contributed by atoms with Gasteiger partial charge in [-0.05, 0) is 50.3 Å². The topological polar surface area (TPSA) is 78.5 Å². The Hall–Kier alpha value is -2.38. The van der Waals surface area contributed by atoms with Crippen LogP contribution in [0.1, 0.15) is 12.8 Å². The molecule has 0 heterocycles. The molecule has 0 saturated heterocycles. The van der Waals surface area contributed by atoms with E-state index in [0.717, 1.165) is 13.0 Å². The molecule has 0 bridgehead atoms. The van der Waals surface area contributed by atoms with Gasteiger partial charge < -0.3 is 10.6 Å². The van der Waals surface area contributed by atoms with Crippen LogP contribution in [0.15, 0.2) is 59.5 Å². The van der Waals surface area contributed by atoms with Gasteiger partial charge in [0.25, 0.3) is 10.0 Å². The minimum absolute atomic E-state index is 0.131. The maximum absolute atomic E-state index is 12.8. The SMILES string of the molecule is CNCCCC(=O)Nc1cccc(S(=O)(=O)N(C)c2ccccc2)c1. The zero-order valence-electron chi connectivity index (χ0n) is 14.4. The van der Waals surface area contributed by atoms with E-state index < -0.39 is 10.0 Å². The van der Waals surface area contributed by atoms with E-state index in [1.807, 2.05) is 13.1 Å². The third kappa shape index (κ3) is 5.04. The van der Waals surface area contributed by atoms with Crippen molar-refractivity contribution in [2.24, 2.45) is 0 Å². The number of carbonyl (C=O) groups excluding carboxylic acids is 1. The number of anilines is 2. The van der Waals surface area contributed by atoms with Gasteiger partial charge in [0.05, 0.1) is 10.6 Å². The lowest BCUT2D eigenvalue weighted by atomic mass is 10.2. The molecule has 0 unspecified atom stereocenters. The van der Waals surface area contributed by atoms with Crippen molar-refractivity contribution >= 4 is 27.3 Å². The van der Waals surface area contributed by atoms with Crippen molar-refractivity contribution in [2.75, 3.05) is 30.3 Å². The van der Waals surface area contributed by atoms with E-state index in [0.29, 0.717) is 17.8 Å². The first-order valence-electron chi connectivity index (χ1n) is 8.03. The summed E-state index contributed by atoms with van der Waals surface area (Å²) in [6, 6.07) is 15.1. The zero-order chi connectivity index (χ0) is 18.3. The molecule has 0 spiro atoms. The van der Waals surface area contributed by atoms with Gasteiger partial charge in [0, 0.05) is 19.2 Å². The van der Waals surface area contributed by atoms with Gasteiger partial charge in [-0.2, -0.15) is 0 Å². The van der Waals surface area contributed by atoms with E-state index in [-0.39, 0.29) is 10.8 Å². The lowest BCUT2D eigenvalue weighted by molar-refractivity contribution is -0.116. The molecule has 2 aromatic carbocycles. The monoisotopic (exact) mass is 361 g/mol. The number of hydrogen-bond acceptors (Lipinski definition) is 4. The Kier molecular flexibility index (Phi) is 6.55. The fraction of sp³-hybridized carbons (Fsp3) is 0.278. The number of hydrogen-bond donors (Lipinski definition) is 2. The second kappa shape index (κ2) is 8.64. The smallest absolute Gasteiger partial charge is 0.264 e. The Bertz CT molecular complexity index is 807. The van der Waals surface area contributed by atoms with Gasteiger partial charge >= 0.3 is 0 Å². The summed E-state index contributed by atoms with van der Waals surface area (Å²) in [4.78, 5) is 12.0. The minimum atomic E-state index is -3.70. The molecule has 1 amide bonds. The summed E-state index contributed by atoms with van der Waals surface area (Å²) >= 11 is 0. The molecule has 0 radical (unpaired) electrons. The van der Waals surface area contributed by atoms with Crippen LogP contribution in [-0.2, 0) is 14.8 Å². The molecule has 0 saturated carbocycles. The van der Waals surface area contributed by atoms with Gasteiger partial charge in [0.1, 0.15) is 0 Å². The first-order valence-corrected chi connectivity index (χ1v) is 9.47. The molecule has 0 aromatic heterocycles. The van der Waals surface area contributed by atoms with Gasteiger partial charge in [-0.25, -0.2) is 8.42 Å². The molecule has 2 N–H and O–H groups in total. The maximum atomic E-state index is 12.8. The Morgan fingerprint density at radius 2 is 1.80 bits per heavy atom. The van der Waals surface area contributed by atoms with E-state index in [4.69, 9.17) is 0 Å². The molecular formula is C18H23N3O3S. The Morgan fingerprint density at radius 3 is 2.48 bits per heavy atom. The Labute approximate surface area is 148 Å². The largest absolute Gasteiger partial charge is 0.326 e. The van der Waals surface area contributed by atoms with Gasteiger partial charge in [0.15, 0.2) is 0 Å². The van der Waals surface area contributed by atoms with Crippen LogP contribution >= 0.6 is 0 Å². The molecule has 0 fully saturated rings. The summed E-state index contributed by atoms with van der Waals surface area (Å²) in [6.07, 6.45) is 1.10. The molecular weight excluding hydrogens is 338 g/mol. The summed E-state index contributed by atoms with van der Waals surface area (Å²) in [5.41, 5.74) is 1.04. The number of para-hydroxylation sites is 1. The molecule has 0 aliphatic rings. The first-order chi connectivity index (χ1) is 11.9. The van der Waals surface area contributed by atoms with E-state index in [2.05, 4.69) is 10.6 Å². The third-order valence-electron chi connectivity index (χ3n) is 3.73. The summed E-state index contributed by atoms with van der Waals surface area (Å²) in [7, 11) is -0.363. The fourth-order valence-electron chi connectivity index (χ4n) is 2.32. The Balaban J connectivity index is 2.15. The third-order valence-corrected chi connectivity index (χ3v) is 5.51. The average Bonchev–Trinajstić information content (AvgIpc) is 2.62. The highest BCUT2D eigenvalue weighted by molar-refractivity contribution is 7.92. The molecule has 2 rings (SSSR count). The number of benzene rings is 2.